The zero-order valence-corrected chi connectivity index (χ0v) is 11.9. The van der Waals surface area contributed by atoms with Gasteiger partial charge in [-0.25, -0.2) is 0 Å². The van der Waals surface area contributed by atoms with E-state index in [1.807, 2.05) is 6.07 Å². The van der Waals surface area contributed by atoms with Crippen LogP contribution in [0.2, 0.25) is 0 Å². The third-order valence-corrected chi connectivity index (χ3v) is 3.43. The van der Waals surface area contributed by atoms with Gasteiger partial charge in [0, 0.05) is 32.7 Å². The van der Waals surface area contributed by atoms with Gasteiger partial charge in [0.15, 0.2) is 11.5 Å². The highest BCUT2D eigenvalue weighted by atomic mass is 16.1. The lowest BCUT2D eigenvalue weighted by molar-refractivity contribution is 0.0952. The van der Waals surface area contributed by atoms with Crippen LogP contribution in [0.4, 0.5) is 5.82 Å². The first-order valence-corrected chi connectivity index (χ1v) is 6.94. The lowest BCUT2D eigenvalue weighted by atomic mass is 10.3. The number of carbonyl (C=O) groups excluding carboxylic acids is 1. The van der Waals surface area contributed by atoms with Crippen molar-refractivity contribution in [2.45, 2.75) is 6.92 Å². The lowest BCUT2D eigenvalue weighted by Crippen LogP contribution is -2.46. The summed E-state index contributed by atoms with van der Waals surface area (Å²) in [5.74, 6) is 0.612. The molecule has 0 aliphatic carbocycles. The summed E-state index contributed by atoms with van der Waals surface area (Å²) in [7, 11) is 0. The van der Waals surface area contributed by atoms with Crippen LogP contribution in [-0.4, -0.2) is 60.3 Å². The molecule has 1 aromatic rings. The fourth-order valence-corrected chi connectivity index (χ4v) is 2.16. The van der Waals surface area contributed by atoms with Gasteiger partial charge in [-0.05, 0) is 18.7 Å². The molecule has 0 atom stereocenters. The zero-order valence-electron chi connectivity index (χ0n) is 11.9. The van der Waals surface area contributed by atoms with Crippen molar-refractivity contribution >= 4 is 11.7 Å². The third kappa shape index (κ3) is 3.54. The van der Waals surface area contributed by atoms with Gasteiger partial charge in [-0.1, -0.05) is 13.0 Å². The molecule has 6 heteroatoms. The standard InChI is InChI=1S/C14H21N5O/c1-3-7-15-14(20)12-5-6-13(17-16-12)19-10-8-18(4-2)9-11-19/h3,5-6H,1,4,7-11H2,2H3,(H,15,20). The molecule has 2 heterocycles. The van der Waals surface area contributed by atoms with Crippen molar-refractivity contribution in [1.82, 2.24) is 20.4 Å². The first kappa shape index (κ1) is 14.5. The van der Waals surface area contributed by atoms with Crippen LogP contribution in [0.5, 0.6) is 0 Å². The second-order valence-corrected chi connectivity index (χ2v) is 4.70. The molecular formula is C14H21N5O. The molecule has 1 N–H and O–H groups in total. The van der Waals surface area contributed by atoms with Gasteiger partial charge in [-0.15, -0.1) is 16.8 Å². The number of nitrogens with zero attached hydrogens (tertiary/aromatic N) is 4. The number of rotatable bonds is 5. The largest absolute Gasteiger partial charge is 0.353 e. The van der Waals surface area contributed by atoms with Gasteiger partial charge < -0.3 is 15.1 Å². The monoisotopic (exact) mass is 275 g/mol. The van der Waals surface area contributed by atoms with Crippen LogP contribution in [0.1, 0.15) is 17.4 Å². The van der Waals surface area contributed by atoms with Gasteiger partial charge in [0.25, 0.3) is 5.91 Å². The molecule has 0 aromatic carbocycles. The summed E-state index contributed by atoms with van der Waals surface area (Å²) in [5.41, 5.74) is 0.336. The van der Waals surface area contributed by atoms with Crippen LogP contribution in [0.15, 0.2) is 24.8 Å². The molecular weight excluding hydrogens is 254 g/mol. The minimum Gasteiger partial charge on any atom is -0.353 e. The summed E-state index contributed by atoms with van der Waals surface area (Å²) in [6.07, 6.45) is 1.63. The summed E-state index contributed by atoms with van der Waals surface area (Å²) in [5, 5.41) is 10.8. The van der Waals surface area contributed by atoms with Crippen molar-refractivity contribution in [1.29, 1.82) is 0 Å². The van der Waals surface area contributed by atoms with Gasteiger partial charge >= 0.3 is 0 Å². The Balaban J connectivity index is 1.94. The number of carbonyl (C=O) groups is 1. The summed E-state index contributed by atoms with van der Waals surface area (Å²) < 4.78 is 0. The highest BCUT2D eigenvalue weighted by Crippen LogP contribution is 2.12. The van der Waals surface area contributed by atoms with Crippen LogP contribution < -0.4 is 10.2 Å². The number of anilines is 1. The second-order valence-electron chi connectivity index (χ2n) is 4.70. The van der Waals surface area contributed by atoms with E-state index < -0.39 is 0 Å². The molecule has 108 valence electrons. The molecule has 1 fully saturated rings. The van der Waals surface area contributed by atoms with E-state index in [-0.39, 0.29) is 5.91 Å². The van der Waals surface area contributed by atoms with Gasteiger partial charge in [0.05, 0.1) is 0 Å². The smallest absolute Gasteiger partial charge is 0.272 e. The highest BCUT2D eigenvalue weighted by Gasteiger charge is 2.17. The second kappa shape index (κ2) is 7.00. The van der Waals surface area contributed by atoms with Crippen LogP contribution in [0.3, 0.4) is 0 Å². The molecule has 0 spiro atoms. The van der Waals surface area contributed by atoms with Gasteiger partial charge in [-0.2, -0.15) is 0 Å². The number of piperazine rings is 1. The van der Waals surface area contributed by atoms with E-state index in [2.05, 4.69) is 38.8 Å². The fraction of sp³-hybridized carbons (Fsp3) is 0.500. The Morgan fingerprint density at radius 3 is 2.65 bits per heavy atom. The van der Waals surface area contributed by atoms with Gasteiger partial charge in [0.1, 0.15) is 0 Å². The summed E-state index contributed by atoms with van der Waals surface area (Å²) >= 11 is 0. The summed E-state index contributed by atoms with van der Waals surface area (Å²) in [6.45, 7) is 11.2. The zero-order chi connectivity index (χ0) is 14.4. The minimum atomic E-state index is -0.222. The van der Waals surface area contributed by atoms with E-state index in [0.717, 1.165) is 38.5 Å². The Morgan fingerprint density at radius 1 is 1.35 bits per heavy atom. The van der Waals surface area contributed by atoms with E-state index in [0.29, 0.717) is 12.2 Å². The molecule has 0 bridgehead atoms. The predicted octanol–water partition coefficient (Wildman–Crippen LogP) is 0.534. The molecule has 1 amide bonds. The van der Waals surface area contributed by atoms with Crippen LogP contribution in [-0.2, 0) is 0 Å². The molecule has 1 saturated heterocycles. The Hall–Kier alpha value is -1.95. The minimum absolute atomic E-state index is 0.222. The molecule has 0 unspecified atom stereocenters. The molecule has 20 heavy (non-hydrogen) atoms. The van der Waals surface area contributed by atoms with Crippen molar-refractivity contribution in [3.05, 3.63) is 30.5 Å². The van der Waals surface area contributed by atoms with Crippen molar-refractivity contribution in [2.75, 3.05) is 44.2 Å². The number of amides is 1. The molecule has 6 nitrogen and oxygen atoms in total. The third-order valence-electron chi connectivity index (χ3n) is 3.43. The van der Waals surface area contributed by atoms with Crippen molar-refractivity contribution in [3.8, 4) is 0 Å². The average Bonchev–Trinajstić information content (AvgIpc) is 2.53. The van der Waals surface area contributed by atoms with Crippen LogP contribution >= 0.6 is 0 Å². The van der Waals surface area contributed by atoms with E-state index in [9.17, 15) is 4.79 Å². The van der Waals surface area contributed by atoms with E-state index >= 15 is 0 Å². The maximum Gasteiger partial charge on any atom is 0.272 e. The average molecular weight is 275 g/mol. The topological polar surface area (TPSA) is 61.4 Å². The van der Waals surface area contributed by atoms with E-state index in [4.69, 9.17) is 0 Å². The maximum absolute atomic E-state index is 11.7. The lowest BCUT2D eigenvalue weighted by Gasteiger charge is -2.34. The number of nitrogens with one attached hydrogen (secondary N) is 1. The molecule has 0 saturated carbocycles. The SMILES string of the molecule is C=CCNC(=O)c1ccc(N2CCN(CC)CC2)nn1. The Labute approximate surface area is 119 Å². The molecule has 1 aliphatic rings. The van der Waals surface area contributed by atoms with Gasteiger partial charge in [-0.3, -0.25) is 4.79 Å². The highest BCUT2D eigenvalue weighted by molar-refractivity contribution is 5.92. The van der Waals surface area contributed by atoms with Gasteiger partial charge in [0.2, 0.25) is 0 Å². The Morgan fingerprint density at radius 2 is 2.10 bits per heavy atom. The molecule has 1 aromatic heterocycles. The fourth-order valence-electron chi connectivity index (χ4n) is 2.16. The van der Waals surface area contributed by atoms with Crippen LogP contribution in [0.25, 0.3) is 0 Å². The summed E-state index contributed by atoms with van der Waals surface area (Å²) in [4.78, 5) is 16.3. The maximum atomic E-state index is 11.7. The summed E-state index contributed by atoms with van der Waals surface area (Å²) in [6, 6.07) is 3.57. The first-order valence-electron chi connectivity index (χ1n) is 6.94. The molecule has 0 radical (unpaired) electrons. The number of aromatic nitrogens is 2. The van der Waals surface area contributed by atoms with Crippen molar-refractivity contribution in [2.24, 2.45) is 0 Å². The number of likely N-dealkylation sites (N-methyl/N-ethyl adjacent to an activating group) is 1. The van der Waals surface area contributed by atoms with E-state index in [1.54, 1.807) is 12.1 Å². The molecule has 2 rings (SSSR count). The molecule has 1 aliphatic heterocycles. The van der Waals surface area contributed by atoms with Crippen LogP contribution in [0, 0.1) is 0 Å². The number of hydrogen-bond donors (Lipinski definition) is 1. The van der Waals surface area contributed by atoms with E-state index in [1.165, 1.54) is 0 Å². The Kier molecular flexibility index (Phi) is 5.06. The quantitative estimate of drug-likeness (QED) is 0.795. The van der Waals surface area contributed by atoms with Crippen molar-refractivity contribution in [3.63, 3.8) is 0 Å². The van der Waals surface area contributed by atoms with Crippen molar-refractivity contribution < 1.29 is 4.79 Å². The first-order chi connectivity index (χ1) is 9.74. The normalized spacial score (nSPS) is 15.9. The predicted molar refractivity (Wildman–Crippen MR) is 78.9 cm³/mol. The number of hydrogen-bond acceptors (Lipinski definition) is 5. The Bertz CT molecular complexity index is 451.